The van der Waals surface area contributed by atoms with Crippen LogP contribution < -0.4 is 14.2 Å². The molecule has 4 rings (SSSR count). The van der Waals surface area contributed by atoms with E-state index in [0.717, 1.165) is 32.1 Å². The summed E-state index contributed by atoms with van der Waals surface area (Å²) in [7, 11) is 2.90. The molecule has 1 saturated carbocycles. The van der Waals surface area contributed by atoms with E-state index < -0.39 is 17.7 Å². The fourth-order valence-corrected chi connectivity index (χ4v) is 5.28. The third kappa shape index (κ3) is 4.69. The lowest BCUT2D eigenvalue weighted by Crippen LogP contribution is -2.40. The zero-order valence-corrected chi connectivity index (χ0v) is 20.9. The predicted molar refractivity (Wildman–Crippen MR) is 133 cm³/mol. The number of methoxy groups -OCH3 is 2. The number of rotatable bonds is 7. The van der Waals surface area contributed by atoms with E-state index in [-0.39, 0.29) is 28.7 Å². The van der Waals surface area contributed by atoms with Crippen molar-refractivity contribution < 1.29 is 28.9 Å². The van der Waals surface area contributed by atoms with Gasteiger partial charge >= 0.3 is 0 Å². The lowest BCUT2D eigenvalue weighted by atomic mass is 9.90. The van der Waals surface area contributed by atoms with Crippen molar-refractivity contribution in [2.45, 2.75) is 51.1 Å². The standard InChI is InChI=1S/C27H30ClNO6/c1-4-35-18-12-8-9-16(13-18)24-23(26(31)27(32)29(24)17-10-6-5-7-11-17)25(30)19-14-22(34-3)20(28)15-21(19)33-2/h8-9,12-15,17,24,30H,4-7,10-11H2,1-3H3/b25-23+. The highest BCUT2D eigenvalue weighted by atomic mass is 35.5. The summed E-state index contributed by atoms with van der Waals surface area (Å²) in [5, 5.41) is 11.8. The maximum Gasteiger partial charge on any atom is 0.295 e. The van der Waals surface area contributed by atoms with E-state index in [1.165, 1.54) is 26.4 Å². The Hall–Kier alpha value is -3.19. The molecule has 1 amide bonds. The number of hydrogen-bond acceptors (Lipinski definition) is 6. The van der Waals surface area contributed by atoms with E-state index in [2.05, 4.69) is 0 Å². The van der Waals surface area contributed by atoms with Crippen LogP contribution in [-0.4, -0.2) is 48.6 Å². The van der Waals surface area contributed by atoms with Gasteiger partial charge in [0.25, 0.3) is 11.7 Å². The summed E-state index contributed by atoms with van der Waals surface area (Å²) in [5.41, 5.74) is 0.931. The molecule has 1 atom stereocenters. The van der Waals surface area contributed by atoms with E-state index in [9.17, 15) is 14.7 Å². The SMILES string of the molecule is CCOc1cccc(C2/C(=C(\O)c3cc(OC)c(Cl)cc3OC)C(=O)C(=O)N2C2CCCCC2)c1. The van der Waals surface area contributed by atoms with Gasteiger partial charge in [-0.2, -0.15) is 0 Å². The summed E-state index contributed by atoms with van der Waals surface area (Å²) in [6.45, 7) is 2.37. The second-order valence-electron chi connectivity index (χ2n) is 8.69. The fourth-order valence-electron chi connectivity index (χ4n) is 5.04. The number of Topliss-reactive ketones (excluding diaryl/α,β-unsaturated/α-hetero) is 1. The number of halogens is 1. The third-order valence-corrected chi connectivity index (χ3v) is 6.96. The predicted octanol–water partition coefficient (Wildman–Crippen LogP) is 5.51. The quantitative estimate of drug-likeness (QED) is 0.307. The van der Waals surface area contributed by atoms with Gasteiger partial charge in [0.2, 0.25) is 0 Å². The van der Waals surface area contributed by atoms with Gasteiger partial charge in [-0.05, 0) is 43.5 Å². The zero-order chi connectivity index (χ0) is 25.1. The van der Waals surface area contributed by atoms with Crippen LogP contribution in [0.25, 0.3) is 5.76 Å². The first-order valence-corrected chi connectivity index (χ1v) is 12.2. The number of likely N-dealkylation sites (tertiary alicyclic amines) is 1. The van der Waals surface area contributed by atoms with Crippen LogP contribution in [0, 0.1) is 0 Å². The normalized spacial score (nSPS) is 20.2. The number of aliphatic hydroxyl groups excluding tert-OH is 1. The molecule has 1 heterocycles. The van der Waals surface area contributed by atoms with Crippen LogP contribution in [0.4, 0.5) is 0 Å². The number of hydrogen-bond donors (Lipinski definition) is 1. The summed E-state index contributed by atoms with van der Waals surface area (Å²) >= 11 is 6.25. The van der Waals surface area contributed by atoms with Gasteiger partial charge in [-0.15, -0.1) is 0 Å². The van der Waals surface area contributed by atoms with Gasteiger partial charge in [-0.1, -0.05) is 43.0 Å². The summed E-state index contributed by atoms with van der Waals surface area (Å²) in [5.74, 6) is -0.462. The van der Waals surface area contributed by atoms with Crippen LogP contribution >= 0.6 is 11.6 Å². The first-order valence-electron chi connectivity index (χ1n) is 11.9. The molecule has 1 saturated heterocycles. The van der Waals surface area contributed by atoms with Crippen molar-refractivity contribution in [2.75, 3.05) is 20.8 Å². The zero-order valence-electron chi connectivity index (χ0n) is 20.2. The fraction of sp³-hybridized carbons (Fsp3) is 0.407. The molecule has 186 valence electrons. The Morgan fingerprint density at radius 1 is 1.06 bits per heavy atom. The van der Waals surface area contributed by atoms with Crippen LogP contribution in [-0.2, 0) is 9.59 Å². The topological polar surface area (TPSA) is 85.3 Å². The molecule has 0 spiro atoms. The first-order chi connectivity index (χ1) is 16.9. The van der Waals surface area contributed by atoms with Crippen molar-refractivity contribution in [1.82, 2.24) is 4.90 Å². The van der Waals surface area contributed by atoms with Crippen LogP contribution in [0.2, 0.25) is 5.02 Å². The molecule has 2 aromatic carbocycles. The second kappa shape index (κ2) is 10.6. The average molecular weight is 500 g/mol. The van der Waals surface area contributed by atoms with E-state index >= 15 is 0 Å². The molecule has 0 radical (unpaired) electrons. The molecule has 35 heavy (non-hydrogen) atoms. The van der Waals surface area contributed by atoms with Gasteiger partial charge in [0, 0.05) is 12.1 Å². The number of aliphatic hydroxyl groups is 1. The van der Waals surface area contributed by atoms with Crippen molar-refractivity contribution in [1.29, 1.82) is 0 Å². The number of carbonyl (C=O) groups is 2. The smallest absolute Gasteiger partial charge is 0.295 e. The third-order valence-electron chi connectivity index (χ3n) is 6.66. The van der Waals surface area contributed by atoms with E-state index in [0.29, 0.717) is 28.7 Å². The van der Waals surface area contributed by atoms with E-state index in [1.54, 1.807) is 4.90 Å². The number of benzene rings is 2. The lowest BCUT2D eigenvalue weighted by Gasteiger charge is -2.35. The molecule has 1 unspecified atom stereocenters. The number of carbonyl (C=O) groups excluding carboxylic acids is 2. The number of ketones is 1. The Kier molecular flexibility index (Phi) is 7.55. The molecular formula is C27H30ClNO6. The molecule has 7 nitrogen and oxygen atoms in total. The maximum absolute atomic E-state index is 13.5. The molecule has 2 aliphatic rings. The van der Waals surface area contributed by atoms with Crippen LogP contribution in [0.15, 0.2) is 42.0 Å². The summed E-state index contributed by atoms with van der Waals surface area (Å²) in [4.78, 5) is 28.5. The second-order valence-corrected chi connectivity index (χ2v) is 9.10. The lowest BCUT2D eigenvalue weighted by molar-refractivity contribution is -0.141. The number of nitrogens with zero attached hydrogens (tertiary/aromatic N) is 1. The minimum atomic E-state index is -0.759. The first kappa shape index (κ1) is 24.9. The summed E-state index contributed by atoms with van der Waals surface area (Å²) < 4.78 is 16.4. The number of ether oxygens (including phenoxy) is 3. The highest BCUT2D eigenvalue weighted by molar-refractivity contribution is 6.46. The minimum absolute atomic E-state index is 0.0110. The largest absolute Gasteiger partial charge is 0.507 e. The Balaban J connectivity index is 1.93. The Morgan fingerprint density at radius 2 is 1.77 bits per heavy atom. The van der Waals surface area contributed by atoms with Gasteiger partial charge in [-0.25, -0.2) is 0 Å². The average Bonchev–Trinajstić information content (AvgIpc) is 3.14. The van der Waals surface area contributed by atoms with Gasteiger partial charge < -0.3 is 24.2 Å². The van der Waals surface area contributed by atoms with E-state index in [4.69, 9.17) is 25.8 Å². The van der Waals surface area contributed by atoms with Crippen molar-refractivity contribution >= 4 is 29.1 Å². The van der Waals surface area contributed by atoms with Crippen LogP contribution in [0.3, 0.4) is 0 Å². The van der Waals surface area contributed by atoms with Gasteiger partial charge in [-0.3, -0.25) is 9.59 Å². The number of amides is 1. The highest BCUT2D eigenvalue weighted by Crippen LogP contribution is 2.45. The molecule has 0 aromatic heterocycles. The monoisotopic (exact) mass is 499 g/mol. The molecule has 1 aliphatic heterocycles. The molecule has 8 heteroatoms. The molecule has 1 aliphatic carbocycles. The Bertz CT molecular complexity index is 1150. The summed E-state index contributed by atoms with van der Waals surface area (Å²) in [6, 6.07) is 9.50. The highest BCUT2D eigenvalue weighted by Gasteiger charge is 2.49. The molecule has 0 bridgehead atoms. The van der Waals surface area contributed by atoms with Gasteiger partial charge in [0.1, 0.15) is 23.0 Å². The van der Waals surface area contributed by atoms with Crippen molar-refractivity contribution in [3.05, 3.63) is 58.1 Å². The molecule has 1 N–H and O–H groups in total. The summed E-state index contributed by atoms with van der Waals surface area (Å²) in [6.07, 6.45) is 4.70. The van der Waals surface area contributed by atoms with Crippen LogP contribution in [0.5, 0.6) is 17.2 Å². The molecular weight excluding hydrogens is 470 g/mol. The van der Waals surface area contributed by atoms with Crippen molar-refractivity contribution in [2.24, 2.45) is 0 Å². The molecule has 2 aromatic rings. The Labute approximate surface area is 210 Å². The van der Waals surface area contributed by atoms with Gasteiger partial charge in [0.15, 0.2) is 0 Å². The van der Waals surface area contributed by atoms with Crippen molar-refractivity contribution in [3.63, 3.8) is 0 Å². The Morgan fingerprint density at radius 3 is 2.43 bits per heavy atom. The maximum atomic E-state index is 13.5. The van der Waals surface area contributed by atoms with Gasteiger partial charge in [0.05, 0.1) is 43.0 Å². The molecule has 2 fully saturated rings. The minimum Gasteiger partial charge on any atom is -0.507 e. The van der Waals surface area contributed by atoms with Crippen molar-refractivity contribution in [3.8, 4) is 17.2 Å². The van der Waals surface area contributed by atoms with E-state index in [1.807, 2.05) is 31.2 Å². The van der Waals surface area contributed by atoms with Crippen LogP contribution in [0.1, 0.15) is 56.2 Å².